The minimum atomic E-state index is -3.54. The lowest BCUT2D eigenvalue weighted by Crippen LogP contribution is -2.40. The molecule has 1 saturated heterocycles. The SMILES string of the molecule is CCOC(=O)C1CCN(S(=O)(=O)c2cccc(N)c2)CC1. The molecule has 0 saturated carbocycles. The first-order valence-corrected chi connectivity index (χ1v) is 8.41. The molecule has 2 rings (SSSR count). The molecule has 7 heteroatoms. The fraction of sp³-hybridized carbons (Fsp3) is 0.500. The Labute approximate surface area is 124 Å². The highest BCUT2D eigenvalue weighted by Gasteiger charge is 2.32. The zero-order valence-corrected chi connectivity index (χ0v) is 12.8. The molecule has 0 aromatic heterocycles. The van der Waals surface area contributed by atoms with E-state index in [-0.39, 0.29) is 16.8 Å². The van der Waals surface area contributed by atoms with E-state index in [2.05, 4.69) is 0 Å². The van der Waals surface area contributed by atoms with Crippen molar-refractivity contribution in [1.82, 2.24) is 4.31 Å². The minimum Gasteiger partial charge on any atom is -0.466 e. The van der Waals surface area contributed by atoms with Crippen LogP contribution < -0.4 is 5.73 Å². The lowest BCUT2D eigenvalue weighted by molar-refractivity contribution is -0.149. The molecule has 1 aliphatic rings. The van der Waals surface area contributed by atoms with Gasteiger partial charge in [0.1, 0.15) is 0 Å². The molecule has 0 radical (unpaired) electrons. The topological polar surface area (TPSA) is 89.7 Å². The van der Waals surface area contributed by atoms with E-state index in [0.29, 0.717) is 38.2 Å². The summed E-state index contributed by atoms with van der Waals surface area (Å²) in [6.45, 7) is 2.75. The summed E-state index contributed by atoms with van der Waals surface area (Å²) < 4.78 is 31.4. The Hall–Kier alpha value is -1.60. The Morgan fingerprint density at radius 2 is 2.05 bits per heavy atom. The second kappa shape index (κ2) is 6.44. The first-order chi connectivity index (χ1) is 9.95. The van der Waals surface area contributed by atoms with Gasteiger partial charge in [-0.2, -0.15) is 4.31 Å². The number of carbonyl (C=O) groups excluding carboxylic acids is 1. The number of benzene rings is 1. The number of piperidine rings is 1. The molecular formula is C14H20N2O4S. The third kappa shape index (κ3) is 3.54. The van der Waals surface area contributed by atoms with Gasteiger partial charge < -0.3 is 10.5 Å². The van der Waals surface area contributed by atoms with Crippen molar-refractivity contribution < 1.29 is 17.9 Å². The van der Waals surface area contributed by atoms with Crippen LogP contribution >= 0.6 is 0 Å². The third-order valence-corrected chi connectivity index (χ3v) is 5.46. The molecule has 1 aromatic carbocycles. The van der Waals surface area contributed by atoms with Gasteiger partial charge in [-0.15, -0.1) is 0 Å². The summed E-state index contributed by atoms with van der Waals surface area (Å²) in [6.07, 6.45) is 0.973. The zero-order valence-electron chi connectivity index (χ0n) is 12.0. The standard InChI is InChI=1S/C14H20N2O4S/c1-2-20-14(17)11-6-8-16(9-7-11)21(18,19)13-5-3-4-12(15)10-13/h3-5,10-11H,2,6-9,15H2,1H3. The molecule has 1 fully saturated rings. The van der Waals surface area contributed by atoms with Crippen LogP contribution in [0, 0.1) is 5.92 Å². The molecule has 116 valence electrons. The van der Waals surface area contributed by atoms with Gasteiger partial charge in [-0.25, -0.2) is 8.42 Å². The fourth-order valence-electron chi connectivity index (χ4n) is 2.42. The lowest BCUT2D eigenvalue weighted by Gasteiger charge is -2.30. The minimum absolute atomic E-state index is 0.192. The van der Waals surface area contributed by atoms with E-state index in [1.165, 1.54) is 16.4 Å². The highest BCUT2D eigenvalue weighted by atomic mass is 32.2. The molecule has 2 N–H and O–H groups in total. The van der Waals surface area contributed by atoms with Gasteiger partial charge in [-0.3, -0.25) is 4.79 Å². The number of nitrogens with zero attached hydrogens (tertiary/aromatic N) is 1. The number of hydrogen-bond donors (Lipinski definition) is 1. The Balaban J connectivity index is 2.06. The summed E-state index contributed by atoms with van der Waals surface area (Å²) in [6, 6.07) is 6.25. The van der Waals surface area contributed by atoms with Gasteiger partial charge in [0.05, 0.1) is 17.4 Å². The normalized spacial score (nSPS) is 17.6. The van der Waals surface area contributed by atoms with E-state index < -0.39 is 10.0 Å². The maximum Gasteiger partial charge on any atom is 0.309 e. The summed E-state index contributed by atoms with van der Waals surface area (Å²) >= 11 is 0. The van der Waals surface area contributed by atoms with E-state index in [1.807, 2.05) is 0 Å². The van der Waals surface area contributed by atoms with Crippen LogP contribution in [0.4, 0.5) is 5.69 Å². The average molecular weight is 312 g/mol. The number of carbonyl (C=O) groups is 1. The van der Waals surface area contributed by atoms with Crippen molar-refractivity contribution in [3.8, 4) is 0 Å². The molecular weight excluding hydrogens is 292 g/mol. The maximum atomic E-state index is 12.5. The van der Waals surface area contributed by atoms with Gasteiger partial charge >= 0.3 is 5.97 Å². The summed E-state index contributed by atoms with van der Waals surface area (Å²) in [5, 5.41) is 0. The zero-order chi connectivity index (χ0) is 15.5. The van der Waals surface area contributed by atoms with Gasteiger partial charge in [0.15, 0.2) is 0 Å². The van der Waals surface area contributed by atoms with Crippen LogP contribution in [0.5, 0.6) is 0 Å². The Morgan fingerprint density at radius 3 is 2.62 bits per heavy atom. The molecule has 1 aliphatic heterocycles. The smallest absolute Gasteiger partial charge is 0.309 e. The van der Waals surface area contributed by atoms with E-state index in [1.54, 1.807) is 19.1 Å². The van der Waals surface area contributed by atoms with Crippen LogP contribution in [0.1, 0.15) is 19.8 Å². The molecule has 0 unspecified atom stereocenters. The highest BCUT2D eigenvalue weighted by Crippen LogP contribution is 2.25. The van der Waals surface area contributed by atoms with Crippen molar-refractivity contribution in [2.24, 2.45) is 5.92 Å². The molecule has 6 nitrogen and oxygen atoms in total. The fourth-order valence-corrected chi connectivity index (χ4v) is 3.94. The summed E-state index contributed by atoms with van der Waals surface area (Å²) in [7, 11) is -3.54. The van der Waals surface area contributed by atoms with E-state index in [0.717, 1.165) is 0 Å². The van der Waals surface area contributed by atoms with Crippen LogP contribution in [0.2, 0.25) is 0 Å². The molecule has 1 aromatic rings. The summed E-state index contributed by atoms with van der Waals surface area (Å²) in [5.74, 6) is -0.448. The number of nitrogens with two attached hydrogens (primary N) is 1. The quantitative estimate of drug-likeness (QED) is 0.667. The van der Waals surface area contributed by atoms with Crippen molar-refractivity contribution in [3.05, 3.63) is 24.3 Å². The highest BCUT2D eigenvalue weighted by molar-refractivity contribution is 7.89. The van der Waals surface area contributed by atoms with Crippen molar-refractivity contribution >= 4 is 21.7 Å². The van der Waals surface area contributed by atoms with Crippen LogP contribution in [0.15, 0.2) is 29.2 Å². The van der Waals surface area contributed by atoms with Crippen molar-refractivity contribution in [3.63, 3.8) is 0 Å². The Bertz CT molecular complexity index is 607. The van der Waals surface area contributed by atoms with Crippen molar-refractivity contribution in [2.75, 3.05) is 25.4 Å². The molecule has 1 heterocycles. The van der Waals surface area contributed by atoms with Crippen LogP contribution in [0.3, 0.4) is 0 Å². The van der Waals surface area contributed by atoms with Gasteiger partial charge in [0.25, 0.3) is 0 Å². The molecule has 0 bridgehead atoms. The third-order valence-electron chi connectivity index (χ3n) is 3.57. The van der Waals surface area contributed by atoms with E-state index in [9.17, 15) is 13.2 Å². The van der Waals surface area contributed by atoms with Gasteiger partial charge in [0.2, 0.25) is 10.0 Å². The number of ether oxygens (including phenoxy) is 1. The molecule has 21 heavy (non-hydrogen) atoms. The predicted molar refractivity (Wildman–Crippen MR) is 79.0 cm³/mol. The van der Waals surface area contributed by atoms with Crippen molar-refractivity contribution in [1.29, 1.82) is 0 Å². The molecule has 0 atom stereocenters. The Kier molecular flexibility index (Phi) is 4.84. The first kappa shape index (κ1) is 15.8. The number of sulfonamides is 1. The molecule has 0 amide bonds. The second-order valence-corrected chi connectivity index (χ2v) is 6.94. The second-order valence-electron chi connectivity index (χ2n) is 5.00. The van der Waals surface area contributed by atoms with E-state index >= 15 is 0 Å². The van der Waals surface area contributed by atoms with Gasteiger partial charge in [0, 0.05) is 18.8 Å². The number of anilines is 1. The molecule has 0 aliphatic carbocycles. The number of nitrogen functional groups attached to an aromatic ring is 1. The van der Waals surface area contributed by atoms with Gasteiger partial charge in [-0.05, 0) is 38.0 Å². The summed E-state index contributed by atoms with van der Waals surface area (Å²) in [4.78, 5) is 11.9. The summed E-state index contributed by atoms with van der Waals surface area (Å²) in [5.41, 5.74) is 6.05. The lowest BCUT2D eigenvalue weighted by atomic mass is 9.98. The van der Waals surface area contributed by atoms with Crippen LogP contribution in [-0.4, -0.2) is 38.4 Å². The Morgan fingerprint density at radius 1 is 1.38 bits per heavy atom. The predicted octanol–water partition coefficient (Wildman–Crippen LogP) is 1.23. The van der Waals surface area contributed by atoms with Crippen LogP contribution in [0.25, 0.3) is 0 Å². The average Bonchev–Trinajstić information content (AvgIpc) is 2.47. The maximum absolute atomic E-state index is 12.5. The largest absolute Gasteiger partial charge is 0.466 e. The van der Waals surface area contributed by atoms with E-state index in [4.69, 9.17) is 10.5 Å². The first-order valence-electron chi connectivity index (χ1n) is 6.97. The number of hydrogen-bond acceptors (Lipinski definition) is 5. The van der Waals surface area contributed by atoms with Crippen LogP contribution in [-0.2, 0) is 19.6 Å². The molecule has 0 spiro atoms. The van der Waals surface area contributed by atoms with Crippen molar-refractivity contribution in [2.45, 2.75) is 24.7 Å². The number of rotatable bonds is 4. The van der Waals surface area contributed by atoms with Gasteiger partial charge in [-0.1, -0.05) is 6.07 Å². The number of esters is 1. The monoisotopic (exact) mass is 312 g/mol.